The van der Waals surface area contributed by atoms with Crippen LogP contribution < -0.4 is 10.6 Å². The van der Waals surface area contributed by atoms with Crippen LogP contribution in [0, 0.1) is 11.2 Å². The van der Waals surface area contributed by atoms with Crippen molar-refractivity contribution in [1.82, 2.24) is 4.98 Å². The van der Waals surface area contributed by atoms with Gasteiger partial charge in [0.1, 0.15) is 11.2 Å². The normalized spacial score (nSPS) is 14.7. The van der Waals surface area contributed by atoms with E-state index in [1.807, 2.05) is 24.3 Å². The Labute approximate surface area is 149 Å². The van der Waals surface area contributed by atoms with Gasteiger partial charge in [-0.25, -0.2) is 4.39 Å². The fourth-order valence-electron chi connectivity index (χ4n) is 2.91. The smallest absolute Gasteiger partial charge is 0.240 e. The van der Waals surface area contributed by atoms with E-state index in [0.29, 0.717) is 29.7 Å². The second-order valence-corrected chi connectivity index (χ2v) is 6.38. The van der Waals surface area contributed by atoms with Crippen molar-refractivity contribution in [3.05, 3.63) is 66.6 Å². The van der Waals surface area contributed by atoms with Gasteiger partial charge in [0, 0.05) is 17.3 Å². The minimum absolute atomic E-state index is 0.352. The zero-order valence-electron chi connectivity index (χ0n) is 13.8. The number of aromatic nitrogens is 1. The molecule has 130 valence electrons. The van der Waals surface area contributed by atoms with Gasteiger partial charge in [0.2, 0.25) is 11.8 Å². The second kappa shape index (κ2) is 6.22. The lowest BCUT2D eigenvalue weighted by molar-refractivity contribution is -0.131. The molecule has 1 heterocycles. The Bertz CT molecular complexity index is 992. The molecule has 26 heavy (non-hydrogen) atoms. The predicted octanol–water partition coefficient (Wildman–Crippen LogP) is 3.73. The van der Waals surface area contributed by atoms with E-state index in [1.165, 1.54) is 24.3 Å². The van der Waals surface area contributed by atoms with Crippen LogP contribution in [0.4, 0.5) is 15.8 Å². The number of rotatable bonds is 4. The number of hydrogen-bond acceptors (Lipinski definition) is 3. The zero-order chi connectivity index (χ0) is 18.1. The average molecular weight is 349 g/mol. The van der Waals surface area contributed by atoms with E-state index < -0.39 is 5.41 Å². The number of carbonyl (C=O) groups is 2. The van der Waals surface area contributed by atoms with Crippen molar-refractivity contribution in [2.45, 2.75) is 12.8 Å². The quantitative estimate of drug-likeness (QED) is 0.705. The number of para-hydroxylation sites is 1. The molecule has 3 aromatic rings. The van der Waals surface area contributed by atoms with Gasteiger partial charge in [0.05, 0.1) is 11.2 Å². The van der Waals surface area contributed by atoms with Gasteiger partial charge < -0.3 is 10.6 Å². The van der Waals surface area contributed by atoms with Crippen LogP contribution in [0.3, 0.4) is 0 Å². The Morgan fingerprint density at radius 2 is 1.62 bits per heavy atom. The molecule has 1 aromatic heterocycles. The number of pyridine rings is 1. The molecule has 1 aliphatic carbocycles. The monoisotopic (exact) mass is 349 g/mol. The van der Waals surface area contributed by atoms with Gasteiger partial charge in [0.25, 0.3) is 0 Å². The van der Waals surface area contributed by atoms with Crippen LogP contribution in [-0.4, -0.2) is 16.8 Å². The van der Waals surface area contributed by atoms with Crippen LogP contribution in [0.15, 0.2) is 60.8 Å². The molecule has 5 nitrogen and oxygen atoms in total. The fourth-order valence-corrected chi connectivity index (χ4v) is 2.91. The van der Waals surface area contributed by atoms with Crippen LogP contribution in [0.2, 0.25) is 0 Å². The van der Waals surface area contributed by atoms with Gasteiger partial charge in [0.15, 0.2) is 0 Å². The lowest BCUT2D eigenvalue weighted by Gasteiger charge is -2.16. The number of nitrogens with one attached hydrogen (secondary N) is 2. The Morgan fingerprint density at radius 1 is 0.923 bits per heavy atom. The molecule has 0 atom stereocenters. The summed E-state index contributed by atoms with van der Waals surface area (Å²) in [5.41, 5.74) is 0.625. The van der Waals surface area contributed by atoms with Crippen molar-refractivity contribution in [1.29, 1.82) is 0 Å². The third-order valence-electron chi connectivity index (χ3n) is 4.60. The molecule has 1 saturated carbocycles. The molecule has 2 aromatic carbocycles. The maximum atomic E-state index is 13.0. The topological polar surface area (TPSA) is 71.1 Å². The molecule has 1 aliphatic rings. The first-order valence-electron chi connectivity index (χ1n) is 8.31. The van der Waals surface area contributed by atoms with Crippen molar-refractivity contribution in [2.75, 3.05) is 10.6 Å². The van der Waals surface area contributed by atoms with Crippen molar-refractivity contribution >= 4 is 34.1 Å². The number of amides is 2. The number of halogens is 1. The van der Waals surface area contributed by atoms with E-state index in [1.54, 1.807) is 12.3 Å². The lowest BCUT2D eigenvalue weighted by Crippen LogP contribution is -2.35. The summed E-state index contributed by atoms with van der Waals surface area (Å²) in [7, 11) is 0. The van der Waals surface area contributed by atoms with Crippen molar-refractivity contribution in [2.24, 2.45) is 5.41 Å². The van der Waals surface area contributed by atoms with Crippen LogP contribution in [0.5, 0.6) is 0 Å². The van der Waals surface area contributed by atoms with Crippen molar-refractivity contribution in [3.63, 3.8) is 0 Å². The Kier molecular flexibility index (Phi) is 3.88. The van der Waals surface area contributed by atoms with Gasteiger partial charge in [-0.3, -0.25) is 14.6 Å². The standard InChI is InChI=1S/C20H16FN3O2/c21-14-6-8-15(9-7-14)23-18(25)20(10-11-20)19(26)24-16-5-1-3-13-4-2-12-22-17(13)16/h1-9,12H,10-11H2,(H,23,25)(H,24,26). The molecule has 0 aliphatic heterocycles. The third-order valence-corrected chi connectivity index (χ3v) is 4.60. The third kappa shape index (κ3) is 2.90. The molecular weight excluding hydrogens is 333 g/mol. The van der Waals surface area contributed by atoms with Gasteiger partial charge in [-0.1, -0.05) is 18.2 Å². The van der Waals surface area contributed by atoms with Gasteiger partial charge in [-0.15, -0.1) is 0 Å². The number of benzene rings is 2. The molecule has 2 amide bonds. The maximum absolute atomic E-state index is 13.0. The molecule has 0 bridgehead atoms. The van der Waals surface area contributed by atoms with E-state index in [4.69, 9.17) is 0 Å². The highest BCUT2D eigenvalue weighted by Crippen LogP contribution is 2.47. The van der Waals surface area contributed by atoms with Gasteiger partial charge in [-0.2, -0.15) is 0 Å². The van der Waals surface area contributed by atoms with E-state index in [0.717, 1.165) is 5.39 Å². The van der Waals surface area contributed by atoms with Crippen LogP contribution in [-0.2, 0) is 9.59 Å². The van der Waals surface area contributed by atoms with E-state index >= 15 is 0 Å². The van der Waals surface area contributed by atoms with Crippen molar-refractivity contribution < 1.29 is 14.0 Å². The number of carbonyl (C=O) groups excluding carboxylic acids is 2. The molecule has 2 N–H and O–H groups in total. The second-order valence-electron chi connectivity index (χ2n) is 6.38. The molecule has 0 radical (unpaired) electrons. The van der Waals surface area contributed by atoms with E-state index in [-0.39, 0.29) is 17.6 Å². The molecule has 4 rings (SSSR count). The first-order valence-corrected chi connectivity index (χ1v) is 8.31. The summed E-state index contributed by atoms with van der Waals surface area (Å²) < 4.78 is 13.0. The largest absolute Gasteiger partial charge is 0.325 e. The summed E-state index contributed by atoms with van der Waals surface area (Å²) >= 11 is 0. The number of fused-ring (bicyclic) bond motifs is 1. The Morgan fingerprint density at radius 3 is 2.35 bits per heavy atom. The summed E-state index contributed by atoms with van der Waals surface area (Å²) in [6.45, 7) is 0. The zero-order valence-corrected chi connectivity index (χ0v) is 13.8. The molecule has 0 spiro atoms. The minimum Gasteiger partial charge on any atom is -0.325 e. The molecule has 0 unspecified atom stereocenters. The summed E-state index contributed by atoms with van der Waals surface area (Å²) in [5, 5.41) is 6.44. The van der Waals surface area contributed by atoms with Crippen LogP contribution >= 0.6 is 0 Å². The first-order chi connectivity index (χ1) is 12.6. The van der Waals surface area contributed by atoms with Gasteiger partial charge in [-0.05, 0) is 49.2 Å². The SMILES string of the molecule is O=C(Nc1ccc(F)cc1)C1(C(=O)Nc2cccc3cccnc23)CC1. The number of nitrogens with zero attached hydrogens (tertiary/aromatic N) is 1. The highest BCUT2D eigenvalue weighted by Gasteiger charge is 2.56. The molecule has 6 heteroatoms. The molecular formula is C20H16FN3O2. The summed E-state index contributed by atoms with van der Waals surface area (Å²) in [5.74, 6) is -1.12. The highest BCUT2D eigenvalue weighted by molar-refractivity contribution is 6.18. The maximum Gasteiger partial charge on any atom is 0.240 e. The lowest BCUT2D eigenvalue weighted by atomic mass is 10.0. The van der Waals surface area contributed by atoms with Crippen LogP contribution in [0.25, 0.3) is 10.9 Å². The van der Waals surface area contributed by atoms with Crippen LogP contribution in [0.1, 0.15) is 12.8 Å². The number of hydrogen-bond donors (Lipinski definition) is 2. The highest BCUT2D eigenvalue weighted by atomic mass is 19.1. The number of anilines is 2. The fraction of sp³-hybridized carbons (Fsp3) is 0.150. The molecule has 0 saturated heterocycles. The van der Waals surface area contributed by atoms with E-state index in [9.17, 15) is 14.0 Å². The van der Waals surface area contributed by atoms with Crippen molar-refractivity contribution in [3.8, 4) is 0 Å². The van der Waals surface area contributed by atoms with E-state index in [2.05, 4.69) is 15.6 Å². The first kappa shape index (κ1) is 16.2. The summed E-state index contributed by atoms with van der Waals surface area (Å²) in [6.07, 6.45) is 2.61. The minimum atomic E-state index is -1.09. The van der Waals surface area contributed by atoms with Gasteiger partial charge >= 0.3 is 0 Å². The summed E-state index contributed by atoms with van der Waals surface area (Å²) in [4.78, 5) is 29.7. The average Bonchev–Trinajstić information content (AvgIpc) is 3.46. The Balaban J connectivity index is 1.53. The predicted molar refractivity (Wildman–Crippen MR) is 97.1 cm³/mol. The summed E-state index contributed by atoms with van der Waals surface area (Å²) in [6, 6.07) is 14.7. The molecule has 1 fully saturated rings. The Hall–Kier alpha value is -3.28.